The summed E-state index contributed by atoms with van der Waals surface area (Å²) >= 11 is 9.33. The number of nitrogens with zero attached hydrogens (tertiary/aromatic N) is 1. The van der Waals surface area contributed by atoms with Crippen molar-refractivity contribution in [2.45, 2.75) is 19.8 Å². The van der Waals surface area contributed by atoms with Gasteiger partial charge in [0.25, 0.3) is 5.91 Å². The molecule has 0 bridgehead atoms. The van der Waals surface area contributed by atoms with Crippen LogP contribution in [0.5, 0.6) is 5.75 Å². The molecule has 1 aromatic carbocycles. The van der Waals surface area contributed by atoms with E-state index in [1.807, 2.05) is 4.90 Å². The molecule has 1 aromatic rings. The summed E-state index contributed by atoms with van der Waals surface area (Å²) in [6.45, 7) is 3.90. The number of likely N-dealkylation sites (tertiary alicyclic amines) is 1. The second-order valence-electron chi connectivity index (χ2n) is 4.93. The van der Waals surface area contributed by atoms with Crippen molar-refractivity contribution in [2.24, 2.45) is 5.92 Å². The Morgan fingerprint density at radius 2 is 2.37 bits per heavy atom. The van der Waals surface area contributed by atoms with Gasteiger partial charge in [0.2, 0.25) is 0 Å². The topological polar surface area (TPSA) is 29.5 Å². The molecule has 0 aliphatic carbocycles. The van der Waals surface area contributed by atoms with Gasteiger partial charge in [0.15, 0.2) is 6.61 Å². The fraction of sp³-hybridized carbons (Fsp3) is 0.500. The fourth-order valence-corrected chi connectivity index (χ4v) is 2.79. The summed E-state index contributed by atoms with van der Waals surface area (Å²) in [5.74, 6) is 1.22. The fourth-order valence-electron chi connectivity index (χ4n) is 2.24. The zero-order valence-corrected chi connectivity index (χ0v) is 13.2. The molecule has 1 heterocycles. The van der Waals surface area contributed by atoms with E-state index in [0.29, 0.717) is 21.2 Å². The molecule has 1 fully saturated rings. The minimum Gasteiger partial charge on any atom is -0.483 e. The summed E-state index contributed by atoms with van der Waals surface area (Å²) < 4.78 is 6.24. The van der Waals surface area contributed by atoms with Gasteiger partial charge in [-0.3, -0.25) is 4.79 Å². The van der Waals surface area contributed by atoms with Crippen LogP contribution >= 0.6 is 27.5 Å². The lowest BCUT2D eigenvalue weighted by Gasteiger charge is -2.30. The summed E-state index contributed by atoms with van der Waals surface area (Å²) in [6.07, 6.45) is 2.28. The van der Waals surface area contributed by atoms with E-state index in [1.54, 1.807) is 18.2 Å². The first kappa shape index (κ1) is 14.7. The number of hydrogen-bond donors (Lipinski definition) is 0. The first-order valence-electron chi connectivity index (χ1n) is 6.42. The van der Waals surface area contributed by atoms with Crippen LogP contribution in [0.3, 0.4) is 0 Å². The van der Waals surface area contributed by atoms with E-state index < -0.39 is 0 Å². The molecule has 1 saturated heterocycles. The highest BCUT2D eigenvalue weighted by Gasteiger charge is 2.21. The van der Waals surface area contributed by atoms with Crippen molar-refractivity contribution in [2.75, 3.05) is 19.7 Å². The molecule has 1 atom stereocenters. The van der Waals surface area contributed by atoms with E-state index in [9.17, 15) is 4.79 Å². The SMILES string of the molecule is CC1CCCN(C(=O)COc2cccc(Cl)c2Br)C1. The molecular weight excluding hydrogens is 330 g/mol. The molecule has 104 valence electrons. The van der Waals surface area contributed by atoms with Gasteiger partial charge < -0.3 is 9.64 Å². The molecule has 0 aromatic heterocycles. The number of halogens is 2. The highest BCUT2D eigenvalue weighted by atomic mass is 79.9. The Bertz CT molecular complexity index is 467. The summed E-state index contributed by atoms with van der Waals surface area (Å²) in [4.78, 5) is 13.9. The molecular formula is C14H17BrClNO2. The second kappa shape index (κ2) is 6.62. The van der Waals surface area contributed by atoms with Crippen LogP contribution in [0.1, 0.15) is 19.8 Å². The van der Waals surface area contributed by atoms with Crippen molar-refractivity contribution >= 4 is 33.4 Å². The van der Waals surface area contributed by atoms with Gasteiger partial charge in [-0.15, -0.1) is 0 Å². The number of hydrogen-bond acceptors (Lipinski definition) is 2. The van der Waals surface area contributed by atoms with Crippen molar-refractivity contribution in [3.63, 3.8) is 0 Å². The van der Waals surface area contributed by atoms with Crippen molar-refractivity contribution < 1.29 is 9.53 Å². The number of amides is 1. The molecule has 5 heteroatoms. The Balaban J connectivity index is 1.91. The maximum atomic E-state index is 12.1. The minimum absolute atomic E-state index is 0.0402. The maximum absolute atomic E-state index is 12.1. The summed E-state index contributed by atoms with van der Waals surface area (Å²) in [5.41, 5.74) is 0. The lowest BCUT2D eigenvalue weighted by molar-refractivity contribution is -0.135. The molecule has 19 heavy (non-hydrogen) atoms. The highest BCUT2D eigenvalue weighted by Crippen LogP contribution is 2.31. The largest absolute Gasteiger partial charge is 0.483 e. The molecule has 2 rings (SSSR count). The Kier molecular flexibility index (Phi) is 5.11. The van der Waals surface area contributed by atoms with E-state index in [1.165, 1.54) is 6.42 Å². The molecule has 0 spiro atoms. The number of ether oxygens (including phenoxy) is 1. The van der Waals surface area contributed by atoms with Crippen LogP contribution < -0.4 is 4.74 Å². The predicted octanol–water partition coefficient (Wildman–Crippen LogP) is 3.74. The average molecular weight is 347 g/mol. The van der Waals surface area contributed by atoms with Crippen molar-refractivity contribution in [3.05, 3.63) is 27.7 Å². The van der Waals surface area contributed by atoms with E-state index in [2.05, 4.69) is 22.9 Å². The molecule has 1 amide bonds. The molecule has 0 saturated carbocycles. The van der Waals surface area contributed by atoms with Gasteiger partial charge in [-0.2, -0.15) is 0 Å². The molecule has 3 nitrogen and oxygen atoms in total. The van der Waals surface area contributed by atoms with Gasteiger partial charge in [0.05, 0.1) is 9.50 Å². The third-order valence-electron chi connectivity index (χ3n) is 3.28. The Morgan fingerprint density at radius 3 is 3.11 bits per heavy atom. The molecule has 1 aliphatic heterocycles. The van der Waals surface area contributed by atoms with E-state index in [0.717, 1.165) is 19.5 Å². The first-order valence-corrected chi connectivity index (χ1v) is 7.59. The van der Waals surface area contributed by atoms with Crippen LogP contribution in [0.25, 0.3) is 0 Å². The zero-order valence-electron chi connectivity index (χ0n) is 10.9. The van der Waals surface area contributed by atoms with Gasteiger partial charge in [0.1, 0.15) is 5.75 Å². The van der Waals surface area contributed by atoms with E-state index in [-0.39, 0.29) is 12.5 Å². The average Bonchev–Trinajstić information content (AvgIpc) is 2.40. The number of rotatable bonds is 3. The lowest BCUT2D eigenvalue weighted by atomic mass is 10.0. The van der Waals surface area contributed by atoms with Crippen molar-refractivity contribution in [3.8, 4) is 5.75 Å². The monoisotopic (exact) mass is 345 g/mol. The van der Waals surface area contributed by atoms with Gasteiger partial charge in [-0.05, 0) is 46.8 Å². The summed E-state index contributed by atoms with van der Waals surface area (Å²) in [5, 5.41) is 0.580. The van der Waals surface area contributed by atoms with Crippen LogP contribution in [-0.2, 0) is 4.79 Å². The first-order chi connectivity index (χ1) is 9.08. The van der Waals surface area contributed by atoms with Gasteiger partial charge in [0, 0.05) is 13.1 Å². The Hall–Kier alpha value is -0.740. The predicted molar refractivity (Wildman–Crippen MR) is 79.6 cm³/mol. The van der Waals surface area contributed by atoms with E-state index in [4.69, 9.17) is 16.3 Å². The van der Waals surface area contributed by atoms with E-state index >= 15 is 0 Å². The Labute approximate surface area is 127 Å². The second-order valence-corrected chi connectivity index (χ2v) is 6.13. The summed E-state index contributed by atoms with van der Waals surface area (Å²) in [7, 11) is 0. The summed E-state index contributed by atoms with van der Waals surface area (Å²) in [6, 6.07) is 5.37. The van der Waals surface area contributed by atoms with Crippen molar-refractivity contribution in [1.82, 2.24) is 4.90 Å². The molecule has 0 radical (unpaired) electrons. The van der Waals surface area contributed by atoms with Crippen LogP contribution in [0.4, 0.5) is 0 Å². The minimum atomic E-state index is 0.0402. The highest BCUT2D eigenvalue weighted by molar-refractivity contribution is 9.10. The van der Waals surface area contributed by atoms with Crippen LogP contribution in [-0.4, -0.2) is 30.5 Å². The van der Waals surface area contributed by atoms with Gasteiger partial charge >= 0.3 is 0 Å². The molecule has 0 N–H and O–H groups in total. The third kappa shape index (κ3) is 3.86. The number of carbonyl (C=O) groups excluding carboxylic acids is 1. The number of carbonyl (C=O) groups is 1. The number of benzene rings is 1. The lowest BCUT2D eigenvalue weighted by Crippen LogP contribution is -2.41. The Morgan fingerprint density at radius 1 is 1.58 bits per heavy atom. The van der Waals surface area contributed by atoms with Crippen LogP contribution in [0, 0.1) is 5.92 Å². The zero-order chi connectivity index (χ0) is 13.8. The molecule has 1 aliphatic rings. The standard InChI is InChI=1S/C14H17BrClNO2/c1-10-4-3-7-17(8-10)13(18)9-19-12-6-2-5-11(16)14(12)15/h2,5-6,10H,3-4,7-9H2,1H3. The number of piperidine rings is 1. The smallest absolute Gasteiger partial charge is 0.260 e. The van der Waals surface area contributed by atoms with Crippen LogP contribution in [0.2, 0.25) is 5.02 Å². The quantitative estimate of drug-likeness (QED) is 0.834. The van der Waals surface area contributed by atoms with Gasteiger partial charge in [-0.1, -0.05) is 24.6 Å². The van der Waals surface area contributed by atoms with Crippen LogP contribution in [0.15, 0.2) is 22.7 Å². The van der Waals surface area contributed by atoms with Gasteiger partial charge in [-0.25, -0.2) is 0 Å². The normalized spacial score (nSPS) is 19.3. The van der Waals surface area contributed by atoms with Crippen molar-refractivity contribution in [1.29, 1.82) is 0 Å². The third-order valence-corrected chi connectivity index (χ3v) is 4.64. The maximum Gasteiger partial charge on any atom is 0.260 e. The molecule has 1 unspecified atom stereocenters.